The van der Waals surface area contributed by atoms with E-state index < -0.39 is 0 Å². The van der Waals surface area contributed by atoms with E-state index in [4.69, 9.17) is 0 Å². The molecule has 1 atom stereocenters. The standard InChI is InChI=1S/C19H22N4/c1-15-8-16(2)10-17(9-15)11-21-19(12-23-14-20-13-22-23)18-6-4-3-5-7-18/h3-10,13-14,19,21H,11-12H2,1-2H3/t19-/m0/s1. The summed E-state index contributed by atoms with van der Waals surface area (Å²) in [6.45, 7) is 5.87. The SMILES string of the molecule is Cc1cc(C)cc(CN[C@@H](Cn2cncn2)c2ccccc2)c1. The molecule has 118 valence electrons. The van der Waals surface area contributed by atoms with E-state index >= 15 is 0 Å². The first-order chi connectivity index (χ1) is 11.2. The number of aromatic nitrogens is 3. The maximum atomic E-state index is 4.23. The molecule has 0 aliphatic rings. The molecule has 0 amide bonds. The molecule has 1 aromatic heterocycles. The van der Waals surface area contributed by atoms with Crippen LogP contribution in [-0.4, -0.2) is 14.8 Å². The summed E-state index contributed by atoms with van der Waals surface area (Å²) in [7, 11) is 0. The van der Waals surface area contributed by atoms with Crippen LogP contribution in [0.1, 0.15) is 28.3 Å². The van der Waals surface area contributed by atoms with Crippen molar-refractivity contribution in [1.82, 2.24) is 20.1 Å². The van der Waals surface area contributed by atoms with Gasteiger partial charge in [-0.15, -0.1) is 0 Å². The minimum Gasteiger partial charge on any atom is -0.304 e. The fourth-order valence-corrected chi connectivity index (χ4v) is 2.90. The third kappa shape index (κ3) is 4.27. The number of hydrogen-bond donors (Lipinski definition) is 1. The van der Waals surface area contributed by atoms with Crippen LogP contribution in [0.5, 0.6) is 0 Å². The first-order valence-electron chi connectivity index (χ1n) is 7.88. The molecule has 1 heterocycles. The Hall–Kier alpha value is -2.46. The van der Waals surface area contributed by atoms with Gasteiger partial charge in [-0.3, -0.25) is 4.68 Å². The lowest BCUT2D eigenvalue weighted by atomic mass is 10.0. The highest BCUT2D eigenvalue weighted by atomic mass is 15.3. The molecule has 1 N–H and O–H groups in total. The van der Waals surface area contributed by atoms with E-state index in [2.05, 4.69) is 71.7 Å². The van der Waals surface area contributed by atoms with Gasteiger partial charge in [0, 0.05) is 6.54 Å². The first kappa shape index (κ1) is 15.4. The summed E-state index contributed by atoms with van der Waals surface area (Å²) in [6.07, 6.45) is 3.33. The molecule has 4 nitrogen and oxygen atoms in total. The third-order valence-corrected chi connectivity index (χ3v) is 3.87. The van der Waals surface area contributed by atoms with Gasteiger partial charge in [0.05, 0.1) is 12.6 Å². The lowest BCUT2D eigenvalue weighted by molar-refractivity contribution is 0.436. The molecular weight excluding hydrogens is 284 g/mol. The van der Waals surface area contributed by atoms with Gasteiger partial charge in [0.1, 0.15) is 12.7 Å². The summed E-state index contributed by atoms with van der Waals surface area (Å²) in [5, 5.41) is 7.89. The minimum absolute atomic E-state index is 0.193. The molecule has 0 bridgehead atoms. The number of nitrogens with zero attached hydrogens (tertiary/aromatic N) is 3. The van der Waals surface area contributed by atoms with Crippen LogP contribution in [-0.2, 0) is 13.1 Å². The zero-order chi connectivity index (χ0) is 16.1. The zero-order valence-electron chi connectivity index (χ0n) is 13.6. The summed E-state index contributed by atoms with van der Waals surface area (Å²) >= 11 is 0. The Labute approximate surface area is 137 Å². The Morgan fingerprint density at radius 3 is 2.43 bits per heavy atom. The van der Waals surface area contributed by atoms with E-state index in [0.717, 1.165) is 13.1 Å². The largest absolute Gasteiger partial charge is 0.304 e. The second-order valence-corrected chi connectivity index (χ2v) is 5.96. The number of benzene rings is 2. The first-order valence-corrected chi connectivity index (χ1v) is 7.88. The maximum absolute atomic E-state index is 4.23. The third-order valence-electron chi connectivity index (χ3n) is 3.87. The lowest BCUT2D eigenvalue weighted by Crippen LogP contribution is -2.25. The maximum Gasteiger partial charge on any atom is 0.137 e. The number of nitrogens with one attached hydrogen (secondary N) is 1. The van der Waals surface area contributed by atoms with Crippen LogP contribution in [0.4, 0.5) is 0 Å². The van der Waals surface area contributed by atoms with Crippen LogP contribution in [0.3, 0.4) is 0 Å². The topological polar surface area (TPSA) is 42.7 Å². The molecule has 4 heteroatoms. The van der Waals surface area contributed by atoms with E-state index in [9.17, 15) is 0 Å². The Bertz CT molecular complexity index is 715. The van der Waals surface area contributed by atoms with Crippen molar-refractivity contribution in [3.63, 3.8) is 0 Å². The minimum atomic E-state index is 0.193. The second kappa shape index (κ2) is 7.20. The highest BCUT2D eigenvalue weighted by Crippen LogP contribution is 2.16. The summed E-state index contributed by atoms with van der Waals surface area (Å²) in [6, 6.07) is 17.3. The number of aryl methyl sites for hydroxylation is 2. The fourth-order valence-electron chi connectivity index (χ4n) is 2.90. The van der Waals surface area contributed by atoms with Gasteiger partial charge in [0.15, 0.2) is 0 Å². The van der Waals surface area contributed by atoms with Crippen molar-refractivity contribution < 1.29 is 0 Å². The van der Waals surface area contributed by atoms with Crippen LogP contribution in [0.25, 0.3) is 0 Å². The molecule has 23 heavy (non-hydrogen) atoms. The highest BCUT2D eigenvalue weighted by molar-refractivity contribution is 5.28. The van der Waals surface area contributed by atoms with E-state index in [-0.39, 0.29) is 6.04 Å². The van der Waals surface area contributed by atoms with Crippen LogP contribution in [0.2, 0.25) is 0 Å². The normalized spacial score (nSPS) is 12.3. The molecule has 3 rings (SSSR count). The molecule has 0 spiro atoms. The van der Waals surface area contributed by atoms with Crippen molar-refractivity contribution in [2.75, 3.05) is 0 Å². The van der Waals surface area contributed by atoms with E-state index in [1.54, 1.807) is 12.7 Å². The van der Waals surface area contributed by atoms with Gasteiger partial charge < -0.3 is 5.32 Å². The molecule has 0 fully saturated rings. The van der Waals surface area contributed by atoms with Crippen molar-refractivity contribution in [1.29, 1.82) is 0 Å². The van der Waals surface area contributed by atoms with E-state index in [1.807, 2.05) is 10.7 Å². The van der Waals surface area contributed by atoms with Gasteiger partial charge >= 0.3 is 0 Å². The Kier molecular flexibility index (Phi) is 4.83. The van der Waals surface area contributed by atoms with Gasteiger partial charge in [-0.25, -0.2) is 4.98 Å². The van der Waals surface area contributed by atoms with Gasteiger partial charge in [0.2, 0.25) is 0 Å². The molecule has 0 radical (unpaired) electrons. The van der Waals surface area contributed by atoms with Crippen molar-refractivity contribution in [2.24, 2.45) is 0 Å². The Morgan fingerprint density at radius 2 is 1.78 bits per heavy atom. The van der Waals surface area contributed by atoms with Crippen LogP contribution in [0, 0.1) is 13.8 Å². The molecule has 0 aliphatic heterocycles. The average molecular weight is 306 g/mol. The molecule has 0 unspecified atom stereocenters. The fraction of sp³-hybridized carbons (Fsp3) is 0.263. The lowest BCUT2D eigenvalue weighted by Gasteiger charge is -2.19. The van der Waals surface area contributed by atoms with Crippen molar-refractivity contribution in [3.05, 3.63) is 83.4 Å². The van der Waals surface area contributed by atoms with Crippen molar-refractivity contribution in [2.45, 2.75) is 33.0 Å². The second-order valence-electron chi connectivity index (χ2n) is 5.96. The number of hydrogen-bond acceptors (Lipinski definition) is 3. The van der Waals surface area contributed by atoms with Gasteiger partial charge in [-0.1, -0.05) is 59.7 Å². The average Bonchev–Trinajstić information content (AvgIpc) is 3.04. The quantitative estimate of drug-likeness (QED) is 0.759. The monoisotopic (exact) mass is 306 g/mol. The molecule has 2 aromatic carbocycles. The zero-order valence-corrected chi connectivity index (χ0v) is 13.6. The molecule has 0 saturated heterocycles. The van der Waals surface area contributed by atoms with Gasteiger partial charge in [-0.2, -0.15) is 5.10 Å². The van der Waals surface area contributed by atoms with Crippen LogP contribution < -0.4 is 5.32 Å². The van der Waals surface area contributed by atoms with Crippen molar-refractivity contribution >= 4 is 0 Å². The highest BCUT2D eigenvalue weighted by Gasteiger charge is 2.12. The molecule has 0 aliphatic carbocycles. The number of rotatable bonds is 6. The Balaban J connectivity index is 1.75. The summed E-state index contributed by atoms with van der Waals surface area (Å²) in [4.78, 5) is 4.03. The van der Waals surface area contributed by atoms with E-state index in [0.29, 0.717) is 0 Å². The van der Waals surface area contributed by atoms with Gasteiger partial charge in [-0.05, 0) is 25.0 Å². The van der Waals surface area contributed by atoms with Gasteiger partial charge in [0.25, 0.3) is 0 Å². The predicted molar refractivity (Wildman–Crippen MR) is 92.0 cm³/mol. The Morgan fingerprint density at radius 1 is 1.04 bits per heavy atom. The van der Waals surface area contributed by atoms with Crippen molar-refractivity contribution in [3.8, 4) is 0 Å². The summed E-state index contributed by atoms with van der Waals surface area (Å²) in [5.74, 6) is 0. The summed E-state index contributed by atoms with van der Waals surface area (Å²) in [5.41, 5.74) is 5.16. The summed E-state index contributed by atoms with van der Waals surface area (Å²) < 4.78 is 1.87. The predicted octanol–water partition coefficient (Wildman–Crippen LogP) is 3.43. The molecular formula is C19H22N4. The molecule has 0 saturated carbocycles. The van der Waals surface area contributed by atoms with Crippen LogP contribution >= 0.6 is 0 Å². The van der Waals surface area contributed by atoms with Crippen LogP contribution in [0.15, 0.2) is 61.2 Å². The smallest absolute Gasteiger partial charge is 0.137 e. The van der Waals surface area contributed by atoms with E-state index in [1.165, 1.54) is 22.3 Å². The molecule has 3 aromatic rings.